The van der Waals surface area contributed by atoms with Crippen LogP contribution in [0.2, 0.25) is 0 Å². The van der Waals surface area contributed by atoms with Crippen molar-refractivity contribution in [3.05, 3.63) is 0 Å². The first-order chi connectivity index (χ1) is 9.74. The fourth-order valence-corrected chi connectivity index (χ4v) is 3.67. The summed E-state index contributed by atoms with van der Waals surface area (Å²) in [5, 5.41) is 3.26. The Labute approximate surface area is 129 Å². The van der Waals surface area contributed by atoms with E-state index in [0.717, 1.165) is 30.9 Å². The largest absolute Gasteiger partial charge is 0.355 e. The lowest BCUT2D eigenvalue weighted by Crippen LogP contribution is -2.48. The Morgan fingerprint density at radius 1 is 1.24 bits per heavy atom. The summed E-state index contributed by atoms with van der Waals surface area (Å²) in [5.74, 6) is 2.43. The van der Waals surface area contributed by atoms with Gasteiger partial charge in [0.25, 0.3) is 0 Å². The van der Waals surface area contributed by atoms with Crippen molar-refractivity contribution in [2.75, 3.05) is 32.9 Å². The van der Waals surface area contributed by atoms with Gasteiger partial charge in [0.15, 0.2) is 15.8 Å². The second-order valence-electron chi connectivity index (χ2n) is 7.14. The van der Waals surface area contributed by atoms with E-state index in [1.54, 1.807) is 20.9 Å². The number of nitrogens with zero attached hydrogens (tertiary/aromatic N) is 2. The molecule has 5 nitrogen and oxygen atoms in total. The number of hydrogen-bond acceptors (Lipinski definition) is 3. The predicted molar refractivity (Wildman–Crippen MR) is 87.3 cm³/mol. The molecule has 1 saturated carbocycles. The molecule has 122 valence electrons. The normalized spacial score (nSPS) is 27.6. The summed E-state index contributed by atoms with van der Waals surface area (Å²) in [6.07, 6.45) is 6.64. The summed E-state index contributed by atoms with van der Waals surface area (Å²) in [6, 6.07) is 0. The summed E-state index contributed by atoms with van der Waals surface area (Å²) < 4.78 is 22.8. The highest BCUT2D eigenvalue weighted by Crippen LogP contribution is 2.35. The van der Waals surface area contributed by atoms with E-state index in [-0.39, 0.29) is 0 Å². The van der Waals surface area contributed by atoms with Crippen molar-refractivity contribution in [2.24, 2.45) is 16.8 Å². The molecule has 2 unspecified atom stereocenters. The first kappa shape index (κ1) is 16.6. The first-order valence-corrected chi connectivity index (χ1v) is 9.79. The van der Waals surface area contributed by atoms with Gasteiger partial charge < -0.3 is 10.2 Å². The molecule has 1 aliphatic heterocycles. The lowest BCUT2D eigenvalue weighted by Gasteiger charge is -2.27. The third kappa shape index (κ3) is 3.71. The quantitative estimate of drug-likeness (QED) is 0.633. The number of likely N-dealkylation sites (tertiary alicyclic amines) is 1. The standard InChI is InChI=1S/C15H29N3O2S/c1-15(2,21(4,19)20)11-17-14(16-3)18-9-12-7-5-6-8-13(12)10-18/h12-13H,5-11H2,1-4H3,(H,16,17). The molecule has 1 N–H and O–H groups in total. The van der Waals surface area contributed by atoms with Crippen LogP contribution in [0.4, 0.5) is 0 Å². The van der Waals surface area contributed by atoms with Crippen LogP contribution >= 0.6 is 0 Å². The Hall–Kier alpha value is -0.780. The molecular weight excluding hydrogens is 286 g/mol. The molecule has 0 spiro atoms. The molecule has 2 fully saturated rings. The maximum atomic E-state index is 11.8. The summed E-state index contributed by atoms with van der Waals surface area (Å²) in [6.45, 7) is 6.02. The van der Waals surface area contributed by atoms with Crippen molar-refractivity contribution in [1.29, 1.82) is 0 Å². The van der Waals surface area contributed by atoms with E-state index in [4.69, 9.17) is 0 Å². The Bertz CT molecular complexity index is 485. The molecule has 0 aromatic heterocycles. The van der Waals surface area contributed by atoms with Crippen molar-refractivity contribution >= 4 is 15.8 Å². The number of fused-ring (bicyclic) bond motifs is 1. The number of nitrogens with one attached hydrogen (secondary N) is 1. The topological polar surface area (TPSA) is 61.8 Å². The highest BCUT2D eigenvalue weighted by molar-refractivity contribution is 7.92. The van der Waals surface area contributed by atoms with Gasteiger partial charge in [0.05, 0.1) is 4.75 Å². The minimum absolute atomic E-state index is 0.393. The van der Waals surface area contributed by atoms with Gasteiger partial charge in [0.1, 0.15) is 0 Å². The van der Waals surface area contributed by atoms with E-state index < -0.39 is 14.6 Å². The van der Waals surface area contributed by atoms with Crippen molar-refractivity contribution in [3.63, 3.8) is 0 Å². The molecule has 1 saturated heterocycles. The predicted octanol–water partition coefficient (Wildman–Crippen LogP) is 1.51. The first-order valence-electron chi connectivity index (χ1n) is 7.90. The number of hydrogen-bond donors (Lipinski definition) is 1. The maximum Gasteiger partial charge on any atom is 0.193 e. The zero-order chi connectivity index (χ0) is 15.7. The lowest BCUT2D eigenvalue weighted by molar-refractivity contribution is 0.299. The molecule has 2 rings (SSSR count). The molecule has 2 atom stereocenters. The molecular formula is C15H29N3O2S. The summed E-state index contributed by atoms with van der Waals surface area (Å²) >= 11 is 0. The van der Waals surface area contributed by atoms with Crippen molar-refractivity contribution in [3.8, 4) is 0 Å². The van der Waals surface area contributed by atoms with E-state index in [9.17, 15) is 8.42 Å². The van der Waals surface area contributed by atoms with E-state index in [1.807, 2.05) is 0 Å². The van der Waals surface area contributed by atoms with Gasteiger partial charge in [-0.2, -0.15) is 0 Å². The lowest BCUT2D eigenvalue weighted by atomic mass is 9.82. The zero-order valence-corrected chi connectivity index (χ0v) is 14.5. The SMILES string of the molecule is CN=C(NCC(C)(C)S(C)(=O)=O)N1CC2CCCCC2C1. The van der Waals surface area contributed by atoms with Crippen LogP contribution in [0.1, 0.15) is 39.5 Å². The third-order valence-corrected chi connectivity index (χ3v) is 7.32. The average Bonchev–Trinajstić information content (AvgIpc) is 2.81. The minimum atomic E-state index is -3.09. The van der Waals surface area contributed by atoms with Gasteiger partial charge >= 0.3 is 0 Å². The zero-order valence-electron chi connectivity index (χ0n) is 13.7. The Kier molecular flexibility index (Phi) is 4.85. The van der Waals surface area contributed by atoms with E-state index in [2.05, 4.69) is 15.2 Å². The molecule has 0 radical (unpaired) electrons. The number of aliphatic imine (C=N–C) groups is 1. The van der Waals surface area contributed by atoms with Crippen LogP contribution in [0.15, 0.2) is 4.99 Å². The van der Waals surface area contributed by atoms with Crippen molar-refractivity contribution in [1.82, 2.24) is 10.2 Å². The van der Waals surface area contributed by atoms with Gasteiger partial charge in [0, 0.05) is 32.9 Å². The molecule has 0 aromatic rings. The molecule has 0 aromatic carbocycles. The van der Waals surface area contributed by atoms with Crippen LogP contribution in [-0.4, -0.2) is 57.0 Å². The van der Waals surface area contributed by atoms with Crippen LogP contribution < -0.4 is 5.32 Å². The van der Waals surface area contributed by atoms with Crippen LogP contribution in [0.3, 0.4) is 0 Å². The van der Waals surface area contributed by atoms with E-state index in [0.29, 0.717) is 6.54 Å². The number of sulfone groups is 1. The molecule has 6 heteroatoms. The van der Waals surface area contributed by atoms with Gasteiger partial charge in [-0.1, -0.05) is 12.8 Å². The average molecular weight is 315 g/mol. The third-order valence-electron chi connectivity index (χ3n) is 5.16. The molecule has 1 aliphatic carbocycles. The molecule has 2 aliphatic rings. The Morgan fingerprint density at radius 3 is 2.19 bits per heavy atom. The van der Waals surface area contributed by atoms with Crippen molar-refractivity contribution in [2.45, 2.75) is 44.3 Å². The van der Waals surface area contributed by atoms with Crippen LogP contribution in [0.5, 0.6) is 0 Å². The maximum absolute atomic E-state index is 11.8. The fourth-order valence-electron chi connectivity index (χ4n) is 3.33. The van der Waals surface area contributed by atoms with Gasteiger partial charge in [-0.05, 0) is 38.5 Å². The van der Waals surface area contributed by atoms with E-state index in [1.165, 1.54) is 31.9 Å². The highest BCUT2D eigenvalue weighted by atomic mass is 32.2. The van der Waals surface area contributed by atoms with Crippen molar-refractivity contribution < 1.29 is 8.42 Å². The second kappa shape index (κ2) is 6.15. The summed E-state index contributed by atoms with van der Waals surface area (Å²) in [4.78, 5) is 6.65. The molecule has 21 heavy (non-hydrogen) atoms. The van der Waals surface area contributed by atoms with Crippen LogP contribution in [-0.2, 0) is 9.84 Å². The fraction of sp³-hybridized carbons (Fsp3) is 0.933. The summed E-state index contributed by atoms with van der Waals surface area (Å²) in [7, 11) is -1.31. The number of guanidine groups is 1. The molecule has 0 bridgehead atoms. The summed E-state index contributed by atoms with van der Waals surface area (Å²) in [5.41, 5.74) is 0. The molecule has 0 amide bonds. The van der Waals surface area contributed by atoms with Gasteiger partial charge in [-0.15, -0.1) is 0 Å². The van der Waals surface area contributed by atoms with E-state index >= 15 is 0 Å². The van der Waals surface area contributed by atoms with Gasteiger partial charge in [-0.25, -0.2) is 8.42 Å². The van der Waals surface area contributed by atoms with Gasteiger partial charge in [-0.3, -0.25) is 4.99 Å². The highest BCUT2D eigenvalue weighted by Gasteiger charge is 2.36. The van der Waals surface area contributed by atoms with Crippen LogP contribution in [0.25, 0.3) is 0 Å². The minimum Gasteiger partial charge on any atom is -0.355 e. The Morgan fingerprint density at radius 2 is 1.76 bits per heavy atom. The van der Waals surface area contributed by atoms with Crippen LogP contribution in [0, 0.1) is 11.8 Å². The monoisotopic (exact) mass is 315 g/mol. The number of rotatable bonds is 3. The van der Waals surface area contributed by atoms with Gasteiger partial charge in [0.2, 0.25) is 0 Å². The smallest absolute Gasteiger partial charge is 0.193 e. The Balaban J connectivity index is 1.96. The molecule has 1 heterocycles. The second-order valence-corrected chi connectivity index (χ2v) is 9.79.